The van der Waals surface area contributed by atoms with Gasteiger partial charge in [-0.1, -0.05) is 15.9 Å². The monoisotopic (exact) mass is 432 g/mol. The lowest BCUT2D eigenvalue weighted by atomic mass is 10.2. The molecule has 0 aliphatic carbocycles. The highest BCUT2D eigenvalue weighted by atomic mass is 79.9. The third-order valence-electron chi connectivity index (χ3n) is 2.20. The molecular formula is C12H7Br3N2O. The van der Waals surface area contributed by atoms with Gasteiger partial charge >= 0.3 is 0 Å². The second kappa shape index (κ2) is 5.95. The maximum absolute atomic E-state index is 12.1. The topological polar surface area (TPSA) is 42.0 Å². The van der Waals surface area contributed by atoms with Crippen LogP contribution < -0.4 is 5.32 Å². The fourth-order valence-corrected chi connectivity index (χ4v) is 2.92. The van der Waals surface area contributed by atoms with Crippen LogP contribution in [-0.4, -0.2) is 10.9 Å². The smallest absolute Gasteiger partial charge is 0.256 e. The van der Waals surface area contributed by atoms with E-state index in [0.717, 1.165) is 13.4 Å². The first-order chi connectivity index (χ1) is 8.58. The van der Waals surface area contributed by atoms with Crippen molar-refractivity contribution >= 4 is 59.4 Å². The fourth-order valence-electron chi connectivity index (χ4n) is 1.34. The number of carbonyl (C=O) groups is 1. The lowest BCUT2D eigenvalue weighted by Crippen LogP contribution is -2.13. The van der Waals surface area contributed by atoms with Gasteiger partial charge in [-0.25, -0.2) is 0 Å². The van der Waals surface area contributed by atoms with E-state index >= 15 is 0 Å². The summed E-state index contributed by atoms with van der Waals surface area (Å²) in [6, 6.07) is 7.13. The number of nitrogens with one attached hydrogen (secondary N) is 1. The van der Waals surface area contributed by atoms with E-state index in [0.29, 0.717) is 11.3 Å². The molecule has 0 saturated heterocycles. The summed E-state index contributed by atoms with van der Waals surface area (Å²) in [7, 11) is 0. The van der Waals surface area contributed by atoms with Crippen LogP contribution in [0.2, 0.25) is 0 Å². The Morgan fingerprint density at radius 2 is 1.89 bits per heavy atom. The van der Waals surface area contributed by atoms with Crippen LogP contribution in [-0.2, 0) is 0 Å². The first-order valence-electron chi connectivity index (χ1n) is 4.94. The molecule has 1 aromatic heterocycles. The molecule has 18 heavy (non-hydrogen) atoms. The van der Waals surface area contributed by atoms with E-state index in [1.807, 2.05) is 12.1 Å². The second-order valence-corrected chi connectivity index (χ2v) is 6.06. The van der Waals surface area contributed by atoms with E-state index in [-0.39, 0.29) is 5.91 Å². The van der Waals surface area contributed by atoms with Gasteiger partial charge in [0.05, 0.1) is 15.7 Å². The third-order valence-corrected chi connectivity index (χ3v) is 3.98. The van der Waals surface area contributed by atoms with Gasteiger partial charge < -0.3 is 5.32 Å². The fraction of sp³-hybridized carbons (Fsp3) is 0. The number of hydrogen-bond donors (Lipinski definition) is 1. The number of anilines is 1. The van der Waals surface area contributed by atoms with Crippen molar-refractivity contribution in [3.8, 4) is 0 Å². The molecule has 0 atom stereocenters. The van der Waals surface area contributed by atoms with Gasteiger partial charge in [0.2, 0.25) is 0 Å². The number of rotatable bonds is 2. The van der Waals surface area contributed by atoms with Gasteiger partial charge in [-0.05, 0) is 56.1 Å². The highest BCUT2D eigenvalue weighted by Gasteiger charge is 2.11. The van der Waals surface area contributed by atoms with E-state index in [4.69, 9.17) is 0 Å². The summed E-state index contributed by atoms with van der Waals surface area (Å²) >= 11 is 10.0. The maximum Gasteiger partial charge on any atom is 0.256 e. The number of benzene rings is 1. The standard InChI is InChI=1S/C12H7Br3N2O/c13-7-1-2-8(9(14)5-7)12(18)17-11-3-4-16-6-10(11)15/h1-6H,(H,16,17,18). The van der Waals surface area contributed by atoms with Crippen LogP contribution in [0.5, 0.6) is 0 Å². The number of halogens is 3. The molecule has 1 aromatic carbocycles. The molecule has 0 bridgehead atoms. The van der Waals surface area contributed by atoms with Gasteiger partial charge in [-0.3, -0.25) is 9.78 Å². The summed E-state index contributed by atoms with van der Waals surface area (Å²) in [5.74, 6) is -0.179. The number of nitrogens with zero attached hydrogens (tertiary/aromatic N) is 1. The lowest BCUT2D eigenvalue weighted by Gasteiger charge is -2.08. The Balaban J connectivity index is 2.25. The van der Waals surface area contributed by atoms with Crippen LogP contribution in [0.3, 0.4) is 0 Å². The Kier molecular flexibility index (Phi) is 4.53. The van der Waals surface area contributed by atoms with Crippen molar-refractivity contribution in [1.82, 2.24) is 4.98 Å². The van der Waals surface area contributed by atoms with Gasteiger partial charge in [-0.15, -0.1) is 0 Å². The van der Waals surface area contributed by atoms with E-state index in [1.54, 1.807) is 24.5 Å². The third kappa shape index (κ3) is 3.18. The van der Waals surface area contributed by atoms with Crippen LogP contribution in [0.4, 0.5) is 5.69 Å². The molecule has 1 N–H and O–H groups in total. The maximum atomic E-state index is 12.1. The summed E-state index contributed by atoms with van der Waals surface area (Å²) in [5.41, 5.74) is 1.26. The van der Waals surface area contributed by atoms with Crippen molar-refractivity contribution in [3.63, 3.8) is 0 Å². The molecule has 2 rings (SSSR count). The van der Waals surface area contributed by atoms with E-state index in [9.17, 15) is 4.79 Å². The normalized spacial score (nSPS) is 10.2. The summed E-state index contributed by atoms with van der Waals surface area (Å²) in [5, 5.41) is 2.82. The predicted molar refractivity (Wildman–Crippen MR) is 81.7 cm³/mol. The molecule has 1 amide bonds. The van der Waals surface area contributed by atoms with Gasteiger partial charge in [0.25, 0.3) is 5.91 Å². The molecule has 6 heteroatoms. The average Bonchev–Trinajstić information content (AvgIpc) is 2.32. The second-order valence-electron chi connectivity index (χ2n) is 3.43. The number of amides is 1. The Morgan fingerprint density at radius 1 is 1.11 bits per heavy atom. The Labute approximate surface area is 129 Å². The first-order valence-corrected chi connectivity index (χ1v) is 7.32. The molecule has 2 aromatic rings. The molecule has 0 radical (unpaired) electrons. The molecule has 0 unspecified atom stereocenters. The molecule has 0 saturated carbocycles. The van der Waals surface area contributed by atoms with Crippen molar-refractivity contribution in [1.29, 1.82) is 0 Å². The zero-order chi connectivity index (χ0) is 13.1. The highest BCUT2D eigenvalue weighted by molar-refractivity contribution is 9.11. The van der Waals surface area contributed by atoms with E-state index in [1.165, 1.54) is 0 Å². The number of hydrogen-bond acceptors (Lipinski definition) is 2. The average molecular weight is 435 g/mol. The van der Waals surface area contributed by atoms with Gasteiger partial charge in [0.1, 0.15) is 0 Å². The Bertz CT molecular complexity index is 602. The van der Waals surface area contributed by atoms with Crippen molar-refractivity contribution in [3.05, 3.63) is 55.6 Å². The molecule has 0 spiro atoms. The molecule has 0 aliphatic rings. The van der Waals surface area contributed by atoms with Gasteiger partial charge in [0, 0.05) is 21.3 Å². The highest BCUT2D eigenvalue weighted by Crippen LogP contribution is 2.25. The molecule has 0 aliphatic heterocycles. The van der Waals surface area contributed by atoms with Crippen LogP contribution >= 0.6 is 47.8 Å². The number of pyridine rings is 1. The minimum atomic E-state index is -0.179. The largest absolute Gasteiger partial charge is 0.321 e. The van der Waals surface area contributed by atoms with Crippen molar-refractivity contribution in [2.45, 2.75) is 0 Å². The van der Waals surface area contributed by atoms with Crippen molar-refractivity contribution in [2.75, 3.05) is 5.32 Å². The van der Waals surface area contributed by atoms with Gasteiger partial charge in [-0.2, -0.15) is 0 Å². The van der Waals surface area contributed by atoms with Crippen LogP contribution in [0.1, 0.15) is 10.4 Å². The van der Waals surface area contributed by atoms with Crippen LogP contribution in [0.15, 0.2) is 50.1 Å². The Morgan fingerprint density at radius 3 is 2.56 bits per heavy atom. The quantitative estimate of drug-likeness (QED) is 0.749. The lowest BCUT2D eigenvalue weighted by molar-refractivity contribution is 0.102. The van der Waals surface area contributed by atoms with E-state index in [2.05, 4.69) is 58.1 Å². The van der Waals surface area contributed by atoms with Gasteiger partial charge in [0.15, 0.2) is 0 Å². The SMILES string of the molecule is O=C(Nc1ccncc1Br)c1ccc(Br)cc1Br. The first kappa shape index (κ1) is 13.7. The zero-order valence-electron chi connectivity index (χ0n) is 8.95. The molecule has 3 nitrogen and oxygen atoms in total. The van der Waals surface area contributed by atoms with Crippen LogP contribution in [0.25, 0.3) is 0 Å². The van der Waals surface area contributed by atoms with Crippen molar-refractivity contribution in [2.24, 2.45) is 0 Å². The number of carbonyl (C=O) groups excluding carboxylic acids is 1. The van der Waals surface area contributed by atoms with E-state index < -0.39 is 0 Å². The molecule has 92 valence electrons. The predicted octanol–water partition coefficient (Wildman–Crippen LogP) is 4.62. The number of aromatic nitrogens is 1. The summed E-state index contributed by atoms with van der Waals surface area (Å²) in [6.45, 7) is 0. The minimum absolute atomic E-state index is 0.179. The summed E-state index contributed by atoms with van der Waals surface area (Å²) in [6.07, 6.45) is 3.25. The molecule has 0 fully saturated rings. The van der Waals surface area contributed by atoms with Crippen molar-refractivity contribution < 1.29 is 4.79 Å². The minimum Gasteiger partial charge on any atom is -0.321 e. The summed E-state index contributed by atoms with van der Waals surface area (Å²) in [4.78, 5) is 16.0. The Hall–Kier alpha value is -0.720. The summed E-state index contributed by atoms with van der Waals surface area (Å²) < 4.78 is 2.39. The molecular weight excluding hydrogens is 428 g/mol. The zero-order valence-corrected chi connectivity index (χ0v) is 13.7. The van der Waals surface area contributed by atoms with Crippen LogP contribution in [0, 0.1) is 0 Å². The molecule has 1 heterocycles.